The average Bonchev–Trinajstić information content (AvgIpc) is 3.04. The third kappa shape index (κ3) is 5.40. The molecular weight excluding hydrogens is 313 g/mol. The summed E-state index contributed by atoms with van der Waals surface area (Å²) in [7, 11) is 0. The second kappa shape index (κ2) is 7.65. The number of nitrogens with one attached hydrogen (secondary N) is 2. The summed E-state index contributed by atoms with van der Waals surface area (Å²) in [5.74, 6) is 0.0527. The Morgan fingerprint density at radius 2 is 2.09 bits per heavy atom. The molecule has 1 aliphatic heterocycles. The number of amides is 1. The summed E-state index contributed by atoms with van der Waals surface area (Å²) < 4.78 is 42.4. The predicted octanol–water partition coefficient (Wildman–Crippen LogP) is 1.31. The lowest BCUT2D eigenvalue weighted by atomic mass is 10.2. The molecule has 0 aliphatic carbocycles. The molecule has 2 atom stereocenters. The van der Waals surface area contributed by atoms with Crippen LogP contribution in [0.1, 0.15) is 18.4 Å². The zero-order valence-corrected chi connectivity index (χ0v) is 12.4. The number of benzene rings is 1. The van der Waals surface area contributed by atoms with E-state index in [-0.39, 0.29) is 30.9 Å². The fraction of sp³-hybridized carbons (Fsp3) is 0.533. The number of alkyl halides is 3. The number of ether oxygens (including phenoxy) is 1. The summed E-state index contributed by atoms with van der Waals surface area (Å²) in [4.78, 5) is 11.7. The lowest BCUT2D eigenvalue weighted by Crippen LogP contribution is -2.44. The topological polar surface area (TPSA) is 70.6 Å². The van der Waals surface area contributed by atoms with Gasteiger partial charge in [0.15, 0.2) is 0 Å². The van der Waals surface area contributed by atoms with Crippen molar-refractivity contribution in [3.05, 3.63) is 29.8 Å². The number of halogens is 3. The first-order valence-corrected chi connectivity index (χ1v) is 7.35. The largest absolute Gasteiger partial charge is 0.491 e. The van der Waals surface area contributed by atoms with Crippen LogP contribution >= 0.6 is 0 Å². The smallest absolute Gasteiger partial charge is 0.416 e. The molecule has 1 aliphatic rings. The second-order valence-corrected chi connectivity index (χ2v) is 5.38. The molecule has 0 aromatic heterocycles. The van der Waals surface area contributed by atoms with Gasteiger partial charge in [-0.25, -0.2) is 0 Å². The maximum absolute atomic E-state index is 12.4. The van der Waals surface area contributed by atoms with Crippen LogP contribution in [-0.2, 0) is 11.0 Å². The van der Waals surface area contributed by atoms with Crippen LogP contribution in [0.15, 0.2) is 24.3 Å². The van der Waals surface area contributed by atoms with Crippen LogP contribution in [0.4, 0.5) is 13.2 Å². The Balaban J connectivity index is 1.71. The molecule has 5 nitrogen and oxygen atoms in total. The highest BCUT2D eigenvalue weighted by atomic mass is 19.4. The molecule has 1 amide bonds. The van der Waals surface area contributed by atoms with E-state index >= 15 is 0 Å². The SMILES string of the molecule is O=C(NCC(O)COc1ccc(C(F)(F)F)cc1)[C@@H]1CCCN1. The van der Waals surface area contributed by atoms with Gasteiger partial charge in [-0.1, -0.05) is 0 Å². The van der Waals surface area contributed by atoms with Gasteiger partial charge in [-0.3, -0.25) is 4.79 Å². The second-order valence-electron chi connectivity index (χ2n) is 5.38. The van der Waals surface area contributed by atoms with E-state index in [0.29, 0.717) is 0 Å². The van der Waals surface area contributed by atoms with Crippen molar-refractivity contribution in [2.45, 2.75) is 31.2 Å². The van der Waals surface area contributed by atoms with Crippen molar-refractivity contribution >= 4 is 5.91 Å². The molecule has 2 rings (SSSR count). The number of aliphatic hydroxyl groups excluding tert-OH is 1. The summed E-state index contributed by atoms with van der Waals surface area (Å²) in [6.45, 7) is 0.707. The van der Waals surface area contributed by atoms with E-state index in [1.54, 1.807) is 0 Å². The van der Waals surface area contributed by atoms with Crippen molar-refractivity contribution in [3.8, 4) is 5.75 Å². The Hall–Kier alpha value is -1.80. The van der Waals surface area contributed by atoms with Gasteiger partial charge in [0.2, 0.25) is 5.91 Å². The summed E-state index contributed by atoms with van der Waals surface area (Å²) >= 11 is 0. The van der Waals surface area contributed by atoms with Gasteiger partial charge in [-0.15, -0.1) is 0 Å². The van der Waals surface area contributed by atoms with E-state index in [4.69, 9.17) is 4.74 Å². The number of carbonyl (C=O) groups excluding carboxylic acids is 1. The van der Waals surface area contributed by atoms with Crippen LogP contribution in [0.3, 0.4) is 0 Å². The van der Waals surface area contributed by atoms with Gasteiger partial charge in [0.25, 0.3) is 0 Å². The Morgan fingerprint density at radius 1 is 1.39 bits per heavy atom. The van der Waals surface area contributed by atoms with E-state index in [1.165, 1.54) is 12.1 Å². The zero-order chi connectivity index (χ0) is 16.9. The van der Waals surface area contributed by atoms with Crippen LogP contribution in [0.2, 0.25) is 0 Å². The van der Waals surface area contributed by atoms with Gasteiger partial charge in [0, 0.05) is 6.54 Å². The summed E-state index contributed by atoms with van der Waals surface area (Å²) in [6.07, 6.45) is -3.62. The minimum atomic E-state index is -4.39. The number of hydrogen-bond donors (Lipinski definition) is 3. The number of aliphatic hydroxyl groups is 1. The molecule has 0 spiro atoms. The fourth-order valence-electron chi connectivity index (χ4n) is 2.24. The van der Waals surface area contributed by atoms with Gasteiger partial charge < -0.3 is 20.5 Å². The molecule has 3 N–H and O–H groups in total. The molecule has 0 saturated carbocycles. The Bertz CT molecular complexity index is 514. The molecule has 23 heavy (non-hydrogen) atoms. The maximum Gasteiger partial charge on any atom is 0.416 e. The standard InChI is InChI=1S/C15H19F3N2O3/c16-15(17,18)10-3-5-12(6-4-10)23-9-11(21)8-20-14(22)13-2-1-7-19-13/h3-6,11,13,19,21H,1-2,7-9H2,(H,20,22)/t11?,13-/m0/s1. The van der Waals surface area contributed by atoms with Crippen molar-refractivity contribution in [3.63, 3.8) is 0 Å². The molecule has 0 bridgehead atoms. The lowest BCUT2D eigenvalue weighted by molar-refractivity contribution is -0.137. The van der Waals surface area contributed by atoms with E-state index in [1.807, 2.05) is 0 Å². The first kappa shape index (κ1) is 17.6. The van der Waals surface area contributed by atoms with E-state index < -0.39 is 17.8 Å². The van der Waals surface area contributed by atoms with Crippen LogP contribution in [0, 0.1) is 0 Å². The highest BCUT2D eigenvalue weighted by Gasteiger charge is 2.30. The number of rotatable bonds is 6. The minimum absolute atomic E-state index is 0.0254. The van der Waals surface area contributed by atoms with Gasteiger partial charge >= 0.3 is 6.18 Å². The molecule has 128 valence electrons. The highest BCUT2D eigenvalue weighted by Crippen LogP contribution is 2.30. The summed E-state index contributed by atoms with van der Waals surface area (Å²) in [5, 5.41) is 15.4. The number of hydrogen-bond acceptors (Lipinski definition) is 4. The molecule has 8 heteroatoms. The third-order valence-electron chi connectivity index (χ3n) is 3.51. The molecule has 1 fully saturated rings. The lowest BCUT2D eigenvalue weighted by Gasteiger charge is -2.16. The zero-order valence-electron chi connectivity index (χ0n) is 12.4. The summed E-state index contributed by atoms with van der Waals surface area (Å²) in [5.41, 5.74) is -0.762. The molecule has 1 unspecified atom stereocenters. The first-order valence-electron chi connectivity index (χ1n) is 7.35. The van der Waals surface area contributed by atoms with E-state index in [9.17, 15) is 23.1 Å². The fourth-order valence-corrected chi connectivity index (χ4v) is 2.24. The van der Waals surface area contributed by atoms with Crippen LogP contribution in [0.5, 0.6) is 5.75 Å². The van der Waals surface area contributed by atoms with Crippen molar-refractivity contribution in [2.75, 3.05) is 19.7 Å². The Labute approximate surface area is 131 Å². The minimum Gasteiger partial charge on any atom is -0.491 e. The monoisotopic (exact) mass is 332 g/mol. The van der Waals surface area contributed by atoms with Crippen molar-refractivity contribution < 1.29 is 27.8 Å². The molecule has 0 radical (unpaired) electrons. The van der Waals surface area contributed by atoms with Crippen molar-refractivity contribution in [1.29, 1.82) is 0 Å². The predicted molar refractivity (Wildman–Crippen MR) is 77.0 cm³/mol. The average molecular weight is 332 g/mol. The van der Waals surface area contributed by atoms with E-state index in [0.717, 1.165) is 31.5 Å². The third-order valence-corrected chi connectivity index (χ3v) is 3.51. The molecule has 1 aromatic carbocycles. The molecule has 1 heterocycles. The Morgan fingerprint density at radius 3 is 2.65 bits per heavy atom. The van der Waals surface area contributed by atoms with Gasteiger partial charge in [0.05, 0.1) is 11.6 Å². The van der Waals surface area contributed by atoms with Crippen LogP contribution < -0.4 is 15.4 Å². The van der Waals surface area contributed by atoms with Gasteiger partial charge in [0.1, 0.15) is 18.5 Å². The summed E-state index contributed by atoms with van der Waals surface area (Å²) in [6, 6.07) is 3.98. The van der Waals surface area contributed by atoms with E-state index in [2.05, 4.69) is 10.6 Å². The van der Waals surface area contributed by atoms with Crippen molar-refractivity contribution in [1.82, 2.24) is 10.6 Å². The highest BCUT2D eigenvalue weighted by molar-refractivity contribution is 5.82. The van der Waals surface area contributed by atoms with Crippen LogP contribution in [-0.4, -0.2) is 42.9 Å². The normalized spacial score (nSPS) is 19.4. The van der Waals surface area contributed by atoms with Gasteiger partial charge in [-0.2, -0.15) is 13.2 Å². The maximum atomic E-state index is 12.4. The van der Waals surface area contributed by atoms with Crippen LogP contribution in [0.25, 0.3) is 0 Å². The molecule has 1 aromatic rings. The van der Waals surface area contributed by atoms with Crippen molar-refractivity contribution in [2.24, 2.45) is 0 Å². The van der Waals surface area contributed by atoms with Gasteiger partial charge in [-0.05, 0) is 43.7 Å². The number of carbonyl (C=O) groups is 1. The quantitative estimate of drug-likeness (QED) is 0.735. The molecular formula is C15H19F3N2O3. The Kier molecular flexibility index (Phi) is 5.84. The first-order chi connectivity index (χ1) is 10.9. The molecule has 1 saturated heterocycles.